The molecule has 5 rings (SSSR count). The first-order valence-electron chi connectivity index (χ1n) is 9.94. The fourth-order valence-electron chi connectivity index (χ4n) is 4.57. The summed E-state index contributed by atoms with van der Waals surface area (Å²) in [7, 11) is 1.64. The quantitative estimate of drug-likeness (QED) is 0.597. The van der Waals surface area contributed by atoms with E-state index < -0.39 is 0 Å². The van der Waals surface area contributed by atoms with E-state index in [0.29, 0.717) is 17.3 Å². The van der Waals surface area contributed by atoms with Gasteiger partial charge in [0.15, 0.2) is 5.78 Å². The maximum absolute atomic E-state index is 13.4. The van der Waals surface area contributed by atoms with E-state index in [1.807, 2.05) is 55.5 Å². The first-order valence-corrected chi connectivity index (χ1v) is 10.3. The van der Waals surface area contributed by atoms with Gasteiger partial charge in [0, 0.05) is 28.6 Å². The highest BCUT2D eigenvalue weighted by atomic mass is 35.5. The van der Waals surface area contributed by atoms with Crippen molar-refractivity contribution < 1.29 is 14.1 Å². The van der Waals surface area contributed by atoms with E-state index >= 15 is 0 Å². The highest BCUT2D eigenvalue weighted by Crippen LogP contribution is 2.49. The van der Waals surface area contributed by atoms with Crippen molar-refractivity contribution in [2.24, 2.45) is 0 Å². The lowest BCUT2D eigenvalue weighted by Gasteiger charge is -2.34. The molecule has 152 valence electrons. The number of ketones is 1. The molecule has 2 aliphatic rings. The zero-order valence-electron chi connectivity index (χ0n) is 16.7. The number of hydrogen-bond acceptors (Lipinski definition) is 5. The van der Waals surface area contributed by atoms with Crippen LogP contribution in [0.4, 0.5) is 5.88 Å². The second-order valence-corrected chi connectivity index (χ2v) is 8.25. The lowest BCUT2D eigenvalue weighted by molar-refractivity contribution is -0.116. The van der Waals surface area contributed by atoms with Crippen LogP contribution in [0.5, 0.6) is 5.75 Å². The van der Waals surface area contributed by atoms with Crippen molar-refractivity contribution in [1.82, 2.24) is 5.16 Å². The van der Waals surface area contributed by atoms with Crippen molar-refractivity contribution in [3.8, 4) is 5.75 Å². The van der Waals surface area contributed by atoms with Gasteiger partial charge in [0.2, 0.25) is 5.88 Å². The summed E-state index contributed by atoms with van der Waals surface area (Å²) in [6, 6.07) is 15.6. The van der Waals surface area contributed by atoms with Gasteiger partial charge in [-0.1, -0.05) is 41.0 Å². The van der Waals surface area contributed by atoms with Crippen molar-refractivity contribution in [1.29, 1.82) is 0 Å². The fourth-order valence-corrected chi connectivity index (χ4v) is 4.70. The molecule has 1 N–H and O–H groups in total. The predicted octanol–water partition coefficient (Wildman–Crippen LogP) is 5.60. The predicted molar refractivity (Wildman–Crippen MR) is 115 cm³/mol. The SMILES string of the molecule is COc1ccc(C2C3=C(CC(c4ccc(Cl)cc4)CC3=O)Nc3onc(C)c32)cc1. The van der Waals surface area contributed by atoms with E-state index in [0.717, 1.165) is 45.8 Å². The fraction of sp³-hybridized carbons (Fsp3) is 0.250. The summed E-state index contributed by atoms with van der Waals surface area (Å²) in [4.78, 5) is 13.4. The number of aryl methyl sites for hydroxylation is 1. The van der Waals surface area contributed by atoms with Gasteiger partial charge in [0.25, 0.3) is 0 Å². The Kier molecular flexibility index (Phi) is 4.63. The molecule has 1 aliphatic carbocycles. The zero-order valence-corrected chi connectivity index (χ0v) is 17.5. The van der Waals surface area contributed by atoms with Crippen molar-refractivity contribution in [3.05, 3.63) is 87.2 Å². The Bertz CT molecular complexity index is 1150. The molecule has 1 aliphatic heterocycles. The van der Waals surface area contributed by atoms with Gasteiger partial charge in [-0.05, 0) is 54.7 Å². The maximum atomic E-state index is 13.4. The number of allylic oxidation sites excluding steroid dienone is 2. The normalized spacial score (nSPS) is 20.4. The number of methoxy groups -OCH3 is 1. The Morgan fingerprint density at radius 3 is 2.47 bits per heavy atom. The molecule has 0 bridgehead atoms. The molecular weight excluding hydrogens is 400 g/mol. The molecule has 6 heteroatoms. The van der Waals surface area contributed by atoms with Crippen LogP contribution in [0.1, 0.15) is 47.1 Å². The third kappa shape index (κ3) is 3.10. The summed E-state index contributed by atoms with van der Waals surface area (Å²) in [6.07, 6.45) is 1.20. The number of nitrogens with one attached hydrogen (secondary N) is 1. The van der Waals surface area contributed by atoms with Crippen LogP contribution in [0, 0.1) is 6.92 Å². The van der Waals surface area contributed by atoms with Crippen molar-refractivity contribution in [2.75, 3.05) is 12.4 Å². The molecule has 5 nitrogen and oxygen atoms in total. The van der Waals surface area contributed by atoms with Gasteiger partial charge in [-0.15, -0.1) is 0 Å². The van der Waals surface area contributed by atoms with E-state index in [-0.39, 0.29) is 17.6 Å². The van der Waals surface area contributed by atoms with Gasteiger partial charge < -0.3 is 14.6 Å². The minimum absolute atomic E-state index is 0.100. The number of ether oxygens (including phenoxy) is 1. The van der Waals surface area contributed by atoms with Crippen LogP contribution < -0.4 is 10.1 Å². The van der Waals surface area contributed by atoms with E-state index in [4.69, 9.17) is 20.9 Å². The molecule has 0 fully saturated rings. The molecule has 3 aromatic rings. The standard InChI is InChI=1S/C24H21ClN2O3/c1-13-21-22(15-5-9-18(29-2)10-6-15)23-19(26-24(21)30-27-13)11-16(12-20(23)28)14-3-7-17(25)8-4-14/h3-10,16,22,26H,11-12H2,1-2H3. The van der Waals surface area contributed by atoms with Crippen molar-refractivity contribution in [3.63, 3.8) is 0 Å². The van der Waals surface area contributed by atoms with Gasteiger partial charge in [-0.25, -0.2) is 0 Å². The summed E-state index contributed by atoms with van der Waals surface area (Å²) in [5.74, 6) is 1.45. The highest BCUT2D eigenvalue weighted by Gasteiger charge is 2.41. The molecule has 0 saturated carbocycles. The average Bonchev–Trinajstić information content (AvgIpc) is 3.13. The van der Waals surface area contributed by atoms with E-state index in [2.05, 4.69) is 10.5 Å². The molecule has 30 heavy (non-hydrogen) atoms. The van der Waals surface area contributed by atoms with Gasteiger partial charge >= 0.3 is 0 Å². The van der Waals surface area contributed by atoms with Crippen molar-refractivity contribution in [2.45, 2.75) is 31.6 Å². The molecule has 0 spiro atoms. The van der Waals surface area contributed by atoms with Crippen LogP contribution >= 0.6 is 11.6 Å². The number of aromatic nitrogens is 1. The zero-order chi connectivity index (χ0) is 20.8. The number of halogens is 1. The topological polar surface area (TPSA) is 64.4 Å². The van der Waals surface area contributed by atoms with Crippen LogP contribution in [0.25, 0.3) is 0 Å². The molecule has 2 atom stereocenters. The highest BCUT2D eigenvalue weighted by molar-refractivity contribution is 6.30. The van der Waals surface area contributed by atoms with Crippen molar-refractivity contribution >= 4 is 23.3 Å². The van der Waals surface area contributed by atoms with E-state index in [9.17, 15) is 4.79 Å². The minimum atomic E-state index is -0.202. The Balaban J connectivity index is 1.59. The monoisotopic (exact) mass is 420 g/mol. The average molecular weight is 421 g/mol. The second kappa shape index (κ2) is 7.33. The summed E-state index contributed by atoms with van der Waals surface area (Å²) in [5, 5.41) is 8.22. The van der Waals surface area contributed by atoms with E-state index in [1.165, 1.54) is 0 Å². The number of Topliss-reactive ketones (excluding diaryl/α,β-unsaturated/α-hetero) is 1. The smallest absolute Gasteiger partial charge is 0.233 e. The number of rotatable bonds is 3. The Morgan fingerprint density at radius 2 is 1.77 bits per heavy atom. The molecule has 2 unspecified atom stereocenters. The van der Waals surface area contributed by atoms with Gasteiger partial charge in [0.05, 0.1) is 18.4 Å². The van der Waals surface area contributed by atoms with Crippen LogP contribution in [0.15, 0.2) is 64.3 Å². The molecule has 2 aromatic carbocycles. The number of benzene rings is 2. The molecule has 1 aromatic heterocycles. The Labute approximate surface area is 179 Å². The first-order chi connectivity index (χ1) is 14.5. The number of nitrogens with zero attached hydrogens (tertiary/aromatic N) is 1. The summed E-state index contributed by atoms with van der Waals surface area (Å²) < 4.78 is 10.9. The van der Waals surface area contributed by atoms with Crippen LogP contribution in [0.2, 0.25) is 5.02 Å². The van der Waals surface area contributed by atoms with E-state index in [1.54, 1.807) is 7.11 Å². The largest absolute Gasteiger partial charge is 0.497 e. The van der Waals surface area contributed by atoms with Gasteiger partial charge in [-0.2, -0.15) is 0 Å². The molecule has 0 saturated heterocycles. The Hall–Kier alpha value is -3.05. The van der Waals surface area contributed by atoms with Crippen LogP contribution in [0.3, 0.4) is 0 Å². The lowest BCUT2D eigenvalue weighted by atomic mass is 9.72. The van der Waals surface area contributed by atoms with Crippen LogP contribution in [-0.4, -0.2) is 18.0 Å². The number of fused-ring (bicyclic) bond motifs is 1. The van der Waals surface area contributed by atoms with Gasteiger partial charge in [0.1, 0.15) is 5.75 Å². The summed E-state index contributed by atoms with van der Waals surface area (Å²) in [5.41, 5.74) is 5.58. The first kappa shape index (κ1) is 18.9. The molecular formula is C24H21ClN2O3. The molecule has 0 amide bonds. The molecule has 2 heterocycles. The summed E-state index contributed by atoms with van der Waals surface area (Å²) in [6.45, 7) is 1.91. The second-order valence-electron chi connectivity index (χ2n) is 7.81. The number of hydrogen-bond donors (Lipinski definition) is 1. The number of carbonyl (C=O) groups is 1. The summed E-state index contributed by atoms with van der Waals surface area (Å²) >= 11 is 6.04. The number of anilines is 1. The van der Waals surface area contributed by atoms with Gasteiger partial charge in [-0.3, -0.25) is 4.79 Å². The van der Waals surface area contributed by atoms with Crippen LogP contribution in [-0.2, 0) is 4.79 Å². The number of carbonyl (C=O) groups excluding carboxylic acids is 1. The third-order valence-corrected chi connectivity index (χ3v) is 6.30. The third-order valence-electron chi connectivity index (χ3n) is 6.05. The maximum Gasteiger partial charge on any atom is 0.233 e. The Morgan fingerprint density at radius 1 is 1.07 bits per heavy atom. The minimum Gasteiger partial charge on any atom is -0.497 e. The lowest BCUT2D eigenvalue weighted by Crippen LogP contribution is -2.29. The molecule has 0 radical (unpaired) electrons.